The summed E-state index contributed by atoms with van der Waals surface area (Å²) in [6, 6.07) is 5.30. The number of hydrogen-bond acceptors (Lipinski definition) is 3. The van der Waals surface area contributed by atoms with Crippen molar-refractivity contribution in [3.8, 4) is 5.75 Å². The zero-order chi connectivity index (χ0) is 15.4. The van der Waals surface area contributed by atoms with Gasteiger partial charge < -0.3 is 14.7 Å². The first-order valence-electron chi connectivity index (χ1n) is 6.93. The molecule has 0 aromatic heterocycles. The fourth-order valence-corrected chi connectivity index (χ4v) is 2.71. The molecule has 1 heterocycles. The molecule has 21 heavy (non-hydrogen) atoms. The Kier molecular flexibility index (Phi) is 5.07. The number of rotatable bonds is 5. The highest BCUT2D eigenvalue weighted by Crippen LogP contribution is 2.29. The summed E-state index contributed by atoms with van der Waals surface area (Å²) in [5.74, 6) is -0.867. The minimum Gasteiger partial charge on any atom is -0.492 e. The van der Waals surface area contributed by atoms with E-state index < -0.39 is 11.9 Å². The Hall–Kier alpha value is -1.75. The number of carboxylic acid groups (broad SMARTS) is 1. The van der Waals surface area contributed by atoms with Crippen molar-refractivity contribution in [2.75, 3.05) is 19.7 Å². The summed E-state index contributed by atoms with van der Waals surface area (Å²) in [4.78, 5) is 24.8. The van der Waals surface area contributed by atoms with E-state index in [9.17, 15) is 9.59 Å². The molecule has 1 N–H and O–H groups in total. The lowest BCUT2D eigenvalue weighted by atomic mass is 10.1. The standard InChI is InChI=1S/C15H18ClNO4/c1-2-21-14-10(4-3-5-12(14)16)8-13(18)17-7-6-11(9-17)15(19)20/h3-5,11H,2,6-9H2,1H3,(H,19,20). The van der Waals surface area contributed by atoms with Crippen LogP contribution in [0.3, 0.4) is 0 Å². The van der Waals surface area contributed by atoms with Crippen LogP contribution in [0.1, 0.15) is 18.9 Å². The number of carbonyl (C=O) groups is 2. The minimum atomic E-state index is -0.844. The summed E-state index contributed by atoms with van der Waals surface area (Å²) in [7, 11) is 0. The van der Waals surface area contributed by atoms with Gasteiger partial charge in [-0.15, -0.1) is 0 Å². The van der Waals surface area contributed by atoms with Crippen molar-refractivity contribution in [1.29, 1.82) is 0 Å². The van der Waals surface area contributed by atoms with Crippen LogP contribution in [0.4, 0.5) is 0 Å². The second-order valence-electron chi connectivity index (χ2n) is 5.00. The molecule has 0 bridgehead atoms. The normalized spacial score (nSPS) is 17.8. The molecule has 0 spiro atoms. The Morgan fingerprint density at radius 1 is 1.48 bits per heavy atom. The first-order valence-corrected chi connectivity index (χ1v) is 7.31. The van der Waals surface area contributed by atoms with E-state index >= 15 is 0 Å². The Balaban J connectivity index is 2.07. The van der Waals surface area contributed by atoms with Gasteiger partial charge in [0.1, 0.15) is 5.75 Å². The second kappa shape index (κ2) is 6.80. The molecule has 1 amide bonds. The lowest BCUT2D eigenvalue weighted by Gasteiger charge is -2.17. The van der Waals surface area contributed by atoms with Crippen LogP contribution in [-0.4, -0.2) is 41.6 Å². The third-order valence-electron chi connectivity index (χ3n) is 3.57. The Morgan fingerprint density at radius 3 is 2.86 bits per heavy atom. The molecule has 1 aliphatic rings. The molecule has 1 fully saturated rings. The highest BCUT2D eigenvalue weighted by atomic mass is 35.5. The summed E-state index contributed by atoms with van der Waals surface area (Å²) in [6.45, 7) is 3.08. The number of amides is 1. The molecule has 1 aromatic rings. The number of hydrogen-bond donors (Lipinski definition) is 1. The summed E-state index contributed by atoms with van der Waals surface area (Å²) in [5, 5.41) is 9.46. The third-order valence-corrected chi connectivity index (χ3v) is 3.87. The molecule has 2 rings (SSSR count). The molecule has 1 atom stereocenters. The van der Waals surface area contributed by atoms with E-state index in [2.05, 4.69) is 0 Å². The monoisotopic (exact) mass is 311 g/mol. The van der Waals surface area contributed by atoms with Gasteiger partial charge in [-0.2, -0.15) is 0 Å². The minimum absolute atomic E-state index is 0.0954. The van der Waals surface area contributed by atoms with Gasteiger partial charge >= 0.3 is 5.97 Å². The van der Waals surface area contributed by atoms with Gasteiger partial charge in [0.25, 0.3) is 0 Å². The van der Waals surface area contributed by atoms with Crippen molar-refractivity contribution < 1.29 is 19.4 Å². The van der Waals surface area contributed by atoms with Gasteiger partial charge in [0.15, 0.2) is 0 Å². The number of carboxylic acids is 1. The molecule has 0 saturated carbocycles. The van der Waals surface area contributed by atoms with E-state index in [1.165, 1.54) is 0 Å². The maximum Gasteiger partial charge on any atom is 0.308 e. The molecule has 6 heteroatoms. The van der Waals surface area contributed by atoms with E-state index in [1.54, 1.807) is 23.1 Å². The molecule has 114 valence electrons. The maximum absolute atomic E-state index is 12.3. The second-order valence-corrected chi connectivity index (χ2v) is 5.41. The fourth-order valence-electron chi connectivity index (χ4n) is 2.46. The zero-order valence-electron chi connectivity index (χ0n) is 11.8. The maximum atomic E-state index is 12.3. The predicted molar refractivity (Wildman–Crippen MR) is 78.6 cm³/mol. The number of carbonyl (C=O) groups excluding carboxylic acids is 1. The molecule has 5 nitrogen and oxygen atoms in total. The Bertz CT molecular complexity index is 546. The smallest absolute Gasteiger partial charge is 0.308 e. The topological polar surface area (TPSA) is 66.8 Å². The Labute approximate surface area is 128 Å². The van der Waals surface area contributed by atoms with Crippen molar-refractivity contribution in [2.45, 2.75) is 19.8 Å². The molecule has 0 radical (unpaired) electrons. The predicted octanol–water partition coefficient (Wildman–Crippen LogP) is 2.21. The largest absolute Gasteiger partial charge is 0.492 e. The summed E-state index contributed by atoms with van der Waals surface area (Å²) in [5.41, 5.74) is 0.730. The van der Waals surface area contributed by atoms with Gasteiger partial charge in [0.05, 0.1) is 24.0 Å². The average Bonchev–Trinajstić information content (AvgIpc) is 2.92. The van der Waals surface area contributed by atoms with Crippen LogP contribution >= 0.6 is 11.6 Å². The molecule has 1 aliphatic heterocycles. The quantitative estimate of drug-likeness (QED) is 0.905. The van der Waals surface area contributed by atoms with Crippen LogP contribution in [0.15, 0.2) is 18.2 Å². The average molecular weight is 312 g/mol. The molecule has 0 aliphatic carbocycles. The summed E-state index contributed by atoms with van der Waals surface area (Å²) in [6.07, 6.45) is 0.678. The number of nitrogens with zero attached hydrogens (tertiary/aromatic N) is 1. The summed E-state index contributed by atoms with van der Waals surface area (Å²) >= 11 is 6.09. The SMILES string of the molecule is CCOc1c(Cl)cccc1CC(=O)N1CCC(C(=O)O)C1. The van der Waals surface area contributed by atoms with Crippen LogP contribution in [0, 0.1) is 5.92 Å². The number of para-hydroxylation sites is 1. The van der Waals surface area contributed by atoms with Gasteiger partial charge in [-0.25, -0.2) is 0 Å². The molecule has 1 aromatic carbocycles. The van der Waals surface area contributed by atoms with Gasteiger partial charge in [0, 0.05) is 18.7 Å². The van der Waals surface area contributed by atoms with Crippen molar-refractivity contribution >= 4 is 23.5 Å². The van der Waals surface area contributed by atoms with Crippen LogP contribution in [0.5, 0.6) is 5.75 Å². The number of aliphatic carboxylic acids is 1. The van der Waals surface area contributed by atoms with Crippen LogP contribution in [0.2, 0.25) is 5.02 Å². The van der Waals surface area contributed by atoms with Crippen molar-refractivity contribution in [1.82, 2.24) is 4.90 Å². The molecule has 1 unspecified atom stereocenters. The van der Waals surface area contributed by atoms with Crippen LogP contribution in [-0.2, 0) is 16.0 Å². The molecule has 1 saturated heterocycles. The van der Waals surface area contributed by atoms with E-state index in [0.29, 0.717) is 30.3 Å². The highest BCUT2D eigenvalue weighted by Gasteiger charge is 2.31. The molecular formula is C15H18ClNO4. The van der Waals surface area contributed by atoms with Crippen LogP contribution < -0.4 is 4.74 Å². The lowest BCUT2D eigenvalue weighted by Crippen LogP contribution is -2.31. The number of likely N-dealkylation sites (tertiary alicyclic amines) is 1. The number of ether oxygens (including phenoxy) is 1. The van der Waals surface area contributed by atoms with Crippen molar-refractivity contribution in [3.05, 3.63) is 28.8 Å². The lowest BCUT2D eigenvalue weighted by molar-refractivity contribution is -0.141. The van der Waals surface area contributed by atoms with E-state index in [-0.39, 0.29) is 18.9 Å². The van der Waals surface area contributed by atoms with Crippen molar-refractivity contribution in [2.24, 2.45) is 5.92 Å². The first-order chi connectivity index (χ1) is 10.0. The van der Waals surface area contributed by atoms with Crippen LogP contribution in [0.25, 0.3) is 0 Å². The fraction of sp³-hybridized carbons (Fsp3) is 0.467. The number of benzene rings is 1. The van der Waals surface area contributed by atoms with E-state index in [0.717, 1.165) is 5.56 Å². The third kappa shape index (κ3) is 3.67. The highest BCUT2D eigenvalue weighted by molar-refractivity contribution is 6.32. The number of halogens is 1. The zero-order valence-corrected chi connectivity index (χ0v) is 12.6. The van der Waals surface area contributed by atoms with Gasteiger partial charge in [-0.05, 0) is 19.4 Å². The van der Waals surface area contributed by atoms with Gasteiger partial charge in [0.2, 0.25) is 5.91 Å². The van der Waals surface area contributed by atoms with Crippen molar-refractivity contribution in [3.63, 3.8) is 0 Å². The van der Waals surface area contributed by atoms with Gasteiger partial charge in [-0.1, -0.05) is 23.7 Å². The van der Waals surface area contributed by atoms with Gasteiger partial charge in [-0.3, -0.25) is 9.59 Å². The Morgan fingerprint density at radius 2 is 2.24 bits per heavy atom. The molecular weight excluding hydrogens is 294 g/mol. The first kappa shape index (κ1) is 15.6. The van der Waals surface area contributed by atoms with E-state index in [4.69, 9.17) is 21.4 Å². The summed E-state index contributed by atoms with van der Waals surface area (Å²) < 4.78 is 5.49. The van der Waals surface area contributed by atoms with E-state index in [1.807, 2.05) is 6.92 Å².